The standard InChI is InChI=1S/C18H19N5OS/c1-13-6-8-14(9-7-13)17(24)20-11-16-21-22-18(23(16)2)25-12-15-5-3-4-10-19-15/h3-10H,11-12H2,1-2H3,(H,20,24). The lowest BCUT2D eigenvalue weighted by Crippen LogP contribution is -2.24. The van der Waals surface area contributed by atoms with Gasteiger partial charge in [0.2, 0.25) is 0 Å². The van der Waals surface area contributed by atoms with Gasteiger partial charge >= 0.3 is 0 Å². The number of aryl methyl sites for hydroxylation is 1. The minimum Gasteiger partial charge on any atom is -0.345 e. The first-order valence-corrected chi connectivity index (χ1v) is 8.88. The zero-order valence-corrected chi connectivity index (χ0v) is 15.0. The smallest absolute Gasteiger partial charge is 0.251 e. The second kappa shape index (κ2) is 7.94. The number of rotatable bonds is 6. The third kappa shape index (κ3) is 4.45. The molecule has 1 aromatic carbocycles. The molecule has 3 rings (SSSR count). The van der Waals surface area contributed by atoms with E-state index in [-0.39, 0.29) is 5.91 Å². The van der Waals surface area contributed by atoms with Crippen molar-refractivity contribution < 1.29 is 4.79 Å². The number of nitrogens with one attached hydrogen (secondary N) is 1. The Morgan fingerprint density at radius 1 is 1.16 bits per heavy atom. The number of benzene rings is 1. The van der Waals surface area contributed by atoms with Crippen molar-refractivity contribution in [3.05, 3.63) is 71.3 Å². The van der Waals surface area contributed by atoms with E-state index >= 15 is 0 Å². The van der Waals surface area contributed by atoms with Gasteiger partial charge in [-0.15, -0.1) is 10.2 Å². The summed E-state index contributed by atoms with van der Waals surface area (Å²) in [6.45, 7) is 2.33. The summed E-state index contributed by atoms with van der Waals surface area (Å²) in [5.41, 5.74) is 2.75. The monoisotopic (exact) mass is 353 g/mol. The largest absolute Gasteiger partial charge is 0.345 e. The predicted octanol–water partition coefficient (Wildman–Crippen LogP) is 2.74. The number of hydrogen-bond donors (Lipinski definition) is 1. The van der Waals surface area contributed by atoms with Gasteiger partial charge in [-0.1, -0.05) is 35.5 Å². The quantitative estimate of drug-likeness (QED) is 0.690. The average Bonchev–Trinajstić information content (AvgIpc) is 2.99. The van der Waals surface area contributed by atoms with Crippen molar-refractivity contribution in [1.29, 1.82) is 0 Å². The number of carbonyl (C=O) groups is 1. The maximum atomic E-state index is 12.2. The third-order valence-electron chi connectivity index (χ3n) is 3.72. The lowest BCUT2D eigenvalue weighted by Gasteiger charge is -2.06. The normalized spacial score (nSPS) is 10.6. The van der Waals surface area contributed by atoms with Crippen LogP contribution in [0.2, 0.25) is 0 Å². The fraction of sp³-hybridized carbons (Fsp3) is 0.222. The second-order valence-corrected chi connectivity index (χ2v) is 6.56. The summed E-state index contributed by atoms with van der Waals surface area (Å²) < 4.78 is 1.89. The number of carbonyl (C=O) groups excluding carboxylic acids is 1. The predicted molar refractivity (Wildman–Crippen MR) is 97.2 cm³/mol. The van der Waals surface area contributed by atoms with Crippen molar-refractivity contribution >= 4 is 17.7 Å². The van der Waals surface area contributed by atoms with Gasteiger partial charge in [0.15, 0.2) is 11.0 Å². The van der Waals surface area contributed by atoms with E-state index < -0.39 is 0 Å². The van der Waals surface area contributed by atoms with E-state index in [0.717, 1.165) is 22.2 Å². The summed E-state index contributed by atoms with van der Waals surface area (Å²) in [4.78, 5) is 16.5. The van der Waals surface area contributed by atoms with E-state index in [2.05, 4.69) is 20.5 Å². The molecule has 0 radical (unpaired) electrons. The molecular formula is C18H19N5OS. The molecule has 0 saturated heterocycles. The molecule has 128 valence electrons. The van der Waals surface area contributed by atoms with Crippen LogP contribution in [0.5, 0.6) is 0 Å². The Hall–Kier alpha value is -2.67. The Balaban J connectivity index is 1.57. The molecule has 1 amide bonds. The highest BCUT2D eigenvalue weighted by molar-refractivity contribution is 7.98. The van der Waals surface area contributed by atoms with Crippen LogP contribution in [-0.2, 0) is 19.3 Å². The van der Waals surface area contributed by atoms with Gasteiger partial charge in [-0.05, 0) is 31.2 Å². The van der Waals surface area contributed by atoms with Gasteiger partial charge in [0.05, 0.1) is 12.2 Å². The maximum Gasteiger partial charge on any atom is 0.251 e. The Kier molecular flexibility index (Phi) is 5.45. The molecule has 7 heteroatoms. The third-order valence-corrected chi connectivity index (χ3v) is 4.78. The van der Waals surface area contributed by atoms with Crippen LogP contribution >= 0.6 is 11.8 Å². The van der Waals surface area contributed by atoms with Gasteiger partial charge in [0.25, 0.3) is 5.91 Å². The fourth-order valence-corrected chi connectivity index (χ4v) is 3.06. The topological polar surface area (TPSA) is 72.7 Å². The van der Waals surface area contributed by atoms with E-state index in [1.54, 1.807) is 18.0 Å². The second-order valence-electron chi connectivity index (χ2n) is 5.62. The Labute approximate surface area is 150 Å². The van der Waals surface area contributed by atoms with Crippen LogP contribution in [0.1, 0.15) is 27.4 Å². The molecule has 0 fully saturated rings. The maximum absolute atomic E-state index is 12.2. The Bertz CT molecular complexity index is 846. The van der Waals surface area contributed by atoms with Crippen molar-refractivity contribution in [1.82, 2.24) is 25.1 Å². The summed E-state index contributed by atoms with van der Waals surface area (Å²) in [5, 5.41) is 12.0. The van der Waals surface area contributed by atoms with Crippen LogP contribution < -0.4 is 5.32 Å². The highest BCUT2D eigenvalue weighted by Crippen LogP contribution is 2.19. The molecule has 0 aliphatic rings. The highest BCUT2D eigenvalue weighted by Gasteiger charge is 2.11. The van der Waals surface area contributed by atoms with Crippen molar-refractivity contribution in [2.75, 3.05) is 0 Å². The minimum absolute atomic E-state index is 0.120. The van der Waals surface area contributed by atoms with Crippen molar-refractivity contribution in [2.24, 2.45) is 7.05 Å². The van der Waals surface area contributed by atoms with Gasteiger partial charge in [-0.3, -0.25) is 9.78 Å². The molecule has 25 heavy (non-hydrogen) atoms. The summed E-state index contributed by atoms with van der Waals surface area (Å²) >= 11 is 1.57. The SMILES string of the molecule is Cc1ccc(C(=O)NCc2nnc(SCc3ccccn3)n2C)cc1. The van der Waals surface area contributed by atoms with Crippen molar-refractivity contribution in [3.63, 3.8) is 0 Å². The van der Waals surface area contributed by atoms with Gasteiger partial charge in [0.1, 0.15) is 0 Å². The first kappa shape index (κ1) is 17.2. The Morgan fingerprint density at radius 3 is 2.68 bits per heavy atom. The van der Waals surface area contributed by atoms with Crippen molar-refractivity contribution in [2.45, 2.75) is 24.4 Å². The molecule has 0 aliphatic heterocycles. The van der Waals surface area contributed by atoms with Crippen LogP contribution in [0, 0.1) is 6.92 Å². The fourth-order valence-electron chi connectivity index (χ4n) is 2.21. The van der Waals surface area contributed by atoms with E-state index in [9.17, 15) is 4.79 Å². The molecule has 0 unspecified atom stereocenters. The number of aromatic nitrogens is 4. The lowest BCUT2D eigenvalue weighted by molar-refractivity contribution is 0.0949. The molecule has 0 aliphatic carbocycles. The molecule has 0 bridgehead atoms. The van der Waals surface area contributed by atoms with Crippen LogP contribution in [0.4, 0.5) is 0 Å². The summed E-state index contributed by atoms with van der Waals surface area (Å²) in [6, 6.07) is 13.3. The number of hydrogen-bond acceptors (Lipinski definition) is 5. The number of thioether (sulfide) groups is 1. The zero-order valence-electron chi connectivity index (χ0n) is 14.1. The molecule has 0 saturated carbocycles. The Morgan fingerprint density at radius 2 is 1.96 bits per heavy atom. The molecular weight excluding hydrogens is 334 g/mol. The molecule has 1 N–H and O–H groups in total. The first-order valence-electron chi connectivity index (χ1n) is 7.89. The lowest BCUT2D eigenvalue weighted by atomic mass is 10.1. The van der Waals surface area contributed by atoms with Gasteiger partial charge in [-0.2, -0.15) is 0 Å². The van der Waals surface area contributed by atoms with Crippen LogP contribution in [0.25, 0.3) is 0 Å². The molecule has 0 spiro atoms. The number of amides is 1. The highest BCUT2D eigenvalue weighted by atomic mass is 32.2. The first-order chi connectivity index (χ1) is 12.1. The van der Waals surface area contributed by atoms with E-state index in [1.807, 2.05) is 61.0 Å². The van der Waals surface area contributed by atoms with Crippen LogP contribution in [-0.4, -0.2) is 25.7 Å². The van der Waals surface area contributed by atoms with Gasteiger partial charge < -0.3 is 9.88 Å². The molecule has 6 nitrogen and oxygen atoms in total. The van der Waals surface area contributed by atoms with Crippen molar-refractivity contribution in [3.8, 4) is 0 Å². The summed E-state index contributed by atoms with van der Waals surface area (Å²) in [6.07, 6.45) is 1.78. The zero-order chi connectivity index (χ0) is 17.6. The van der Waals surface area contributed by atoms with Crippen LogP contribution in [0.3, 0.4) is 0 Å². The summed E-state index contributed by atoms with van der Waals surface area (Å²) in [5.74, 6) is 1.32. The van der Waals surface area contributed by atoms with Crippen LogP contribution in [0.15, 0.2) is 53.8 Å². The molecule has 2 aromatic heterocycles. The number of pyridine rings is 1. The number of nitrogens with zero attached hydrogens (tertiary/aromatic N) is 4. The molecule has 3 aromatic rings. The van der Waals surface area contributed by atoms with E-state index in [4.69, 9.17) is 0 Å². The van der Waals surface area contributed by atoms with E-state index in [1.165, 1.54) is 0 Å². The van der Waals surface area contributed by atoms with Gasteiger partial charge in [-0.25, -0.2) is 0 Å². The van der Waals surface area contributed by atoms with Gasteiger partial charge in [0, 0.05) is 24.6 Å². The minimum atomic E-state index is -0.120. The molecule has 2 heterocycles. The average molecular weight is 353 g/mol. The summed E-state index contributed by atoms with van der Waals surface area (Å²) in [7, 11) is 1.90. The molecule has 0 atom stereocenters. The van der Waals surface area contributed by atoms with E-state index in [0.29, 0.717) is 17.9 Å².